The van der Waals surface area contributed by atoms with Crippen molar-refractivity contribution in [2.45, 2.75) is 52.7 Å². The number of carbonyl (C=O) groups excluding carboxylic acids is 2. The van der Waals surface area contributed by atoms with E-state index in [0.717, 1.165) is 10.6 Å². The standard InChI is InChI=1S/C24H30Cl3N3O4S/c1-6-15(2)28-24(32)17(4)29(13-18-20(26)10-7-11-21(18)27)23(31)14-30(35(5,33)34)22-12-8-9-19(25)16(22)3/h7-12,15,17H,6,13-14H2,1-5H3,(H,28,32)/t15-,17+/m1/s1. The molecule has 0 unspecified atom stereocenters. The number of carbonyl (C=O) groups is 2. The van der Waals surface area contributed by atoms with Gasteiger partial charge >= 0.3 is 0 Å². The lowest BCUT2D eigenvalue weighted by Crippen LogP contribution is -2.52. The Morgan fingerprint density at radius 3 is 2.09 bits per heavy atom. The maximum absolute atomic E-state index is 13.6. The molecule has 192 valence electrons. The van der Waals surface area contributed by atoms with Crippen molar-refractivity contribution in [2.24, 2.45) is 0 Å². The van der Waals surface area contributed by atoms with Gasteiger partial charge in [-0.1, -0.05) is 53.9 Å². The fourth-order valence-electron chi connectivity index (χ4n) is 3.36. The molecule has 0 spiro atoms. The van der Waals surface area contributed by atoms with Crippen molar-refractivity contribution in [1.82, 2.24) is 10.2 Å². The predicted octanol–water partition coefficient (Wildman–Crippen LogP) is 5.05. The van der Waals surface area contributed by atoms with Crippen LogP contribution in [-0.2, 0) is 26.2 Å². The topological polar surface area (TPSA) is 86.8 Å². The highest BCUT2D eigenvalue weighted by Gasteiger charge is 2.31. The van der Waals surface area contributed by atoms with Crippen LogP contribution in [0.25, 0.3) is 0 Å². The molecule has 0 heterocycles. The highest BCUT2D eigenvalue weighted by atomic mass is 35.5. The molecule has 0 aliphatic carbocycles. The number of nitrogens with one attached hydrogen (secondary N) is 1. The molecule has 0 radical (unpaired) electrons. The lowest BCUT2D eigenvalue weighted by atomic mass is 10.1. The van der Waals surface area contributed by atoms with E-state index in [9.17, 15) is 18.0 Å². The summed E-state index contributed by atoms with van der Waals surface area (Å²) in [5.74, 6) is -0.974. The molecule has 0 fully saturated rings. The molecule has 2 amide bonds. The van der Waals surface area contributed by atoms with E-state index in [1.807, 2.05) is 13.8 Å². The minimum Gasteiger partial charge on any atom is -0.352 e. The first-order chi connectivity index (χ1) is 16.3. The maximum Gasteiger partial charge on any atom is 0.244 e. The number of halogens is 3. The van der Waals surface area contributed by atoms with Gasteiger partial charge in [0.2, 0.25) is 21.8 Å². The van der Waals surface area contributed by atoms with Crippen LogP contribution in [0.15, 0.2) is 36.4 Å². The average molecular weight is 563 g/mol. The van der Waals surface area contributed by atoms with Crippen LogP contribution in [0, 0.1) is 6.92 Å². The van der Waals surface area contributed by atoms with Crippen LogP contribution in [0.3, 0.4) is 0 Å². The van der Waals surface area contributed by atoms with Crippen molar-refractivity contribution in [3.8, 4) is 0 Å². The highest BCUT2D eigenvalue weighted by molar-refractivity contribution is 7.92. The van der Waals surface area contributed by atoms with Crippen LogP contribution in [0.2, 0.25) is 15.1 Å². The summed E-state index contributed by atoms with van der Waals surface area (Å²) >= 11 is 18.9. The number of benzene rings is 2. The van der Waals surface area contributed by atoms with Crippen molar-refractivity contribution >= 4 is 62.3 Å². The van der Waals surface area contributed by atoms with Gasteiger partial charge in [0.25, 0.3) is 0 Å². The van der Waals surface area contributed by atoms with Gasteiger partial charge in [0.1, 0.15) is 12.6 Å². The van der Waals surface area contributed by atoms with Crippen LogP contribution < -0.4 is 9.62 Å². The third-order valence-electron chi connectivity index (χ3n) is 5.75. The minimum atomic E-state index is -3.87. The monoisotopic (exact) mass is 561 g/mol. The Balaban J connectivity index is 2.49. The zero-order valence-corrected chi connectivity index (χ0v) is 23.4. The van der Waals surface area contributed by atoms with Gasteiger partial charge in [-0.3, -0.25) is 13.9 Å². The molecule has 0 bridgehead atoms. The van der Waals surface area contributed by atoms with E-state index in [1.165, 1.54) is 4.90 Å². The van der Waals surface area contributed by atoms with E-state index < -0.39 is 28.5 Å². The molecule has 2 aromatic rings. The number of hydrogen-bond acceptors (Lipinski definition) is 4. The van der Waals surface area contributed by atoms with Crippen LogP contribution in [0.5, 0.6) is 0 Å². The molecule has 11 heteroatoms. The van der Waals surface area contributed by atoms with Gasteiger partial charge in [0.05, 0.1) is 11.9 Å². The van der Waals surface area contributed by atoms with Gasteiger partial charge in [-0.25, -0.2) is 8.42 Å². The van der Waals surface area contributed by atoms with E-state index in [-0.39, 0.29) is 24.2 Å². The van der Waals surface area contributed by atoms with Crippen molar-refractivity contribution in [3.05, 3.63) is 62.6 Å². The first-order valence-electron chi connectivity index (χ1n) is 11.0. The number of nitrogens with zero attached hydrogens (tertiary/aromatic N) is 2. The number of rotatable bonds is 10. The summed E-state index contributed by atoms with van der Waals surface area (Å²) in [6.45, 7) is 6.41. The van der Waals surface area contributed by atoms with E-state index >= 15 is 0 Å². The lowest BCUT2D eigenvalue weighted by Gasteiger charge is -2.32. The fourth-order valence-corrected chi connectivity index (χ4v) is 4.95. The zero-order valence-electron chi connectivity index (χ0n) is 20.3. The largest absolute Gasteiger partial charge is 0.352 e. The van der Waals surface area contributed by atoms with Crippen molar-refractivity contribution in [2.75, 3.05) is 17.1 Å². The van der Waals surface area contributed by atoms with Gasteiger partial charge < -0.3 is 10.2 Å². The summed E-state index contributed by atoms with van der Waals surface area (Å²) < 4.78 is 26.4. The van der Waals surface area contributed by atoms with Crippen LogP contribution in [-0.4, -0.2) is 50.0 Å². The van der Waals surface area contributed by atoms with E-state index in [0.29, 0.717) is 32.6 Å². The molecule has 35 heavy (non-hydrogen) atoms. The Hall–Kier alpha value is -2.00. The Kier molecular flexibility index (Phi) is 10.3. The number of sulfonamides is 1. The summed E-state index contributed by atoms with van der Waals surface area (Å²) in [4.78, 5) is 27.8. The quantitative estimate of drug-likeness (QED) is 0.439. The second-order valence-corrected chi connectivity index (χ2v) is 11.5. The van der Waals surface area contributed by atoms with E-state index in [2.05, 4.69) is 5.32 Å². The summed E-state index contributed by atoms with van der Waals surface area (Å²) in [6.07, 6.45) is 1.72. The fraction of sp³-hybridized carbons (Fsp3) is 0.417. The van der Waals surface area contributed by atoms with Crippen LogP contribution in [0.1, 0.15) is 38.3 Å². The molecule has 0 aromatic heterocycles. The SMILES string of the molecule is CC[C@@H](C)NC(=O)[C@H](C)N(Cc1c(Cl)cccc1Cl)C(=O)CN(c1cccc(Cl)c1C)S(C)(=O)=O. The van der Waals surface area contributed by atoms with Gasteiger partial charge in [-0.05, 0) is 57.0 Å². The summed E-state index contributed by atoms with van der Waals surface area (Å²) in [5.41, 5.74) is 1.24. The number of amides is 2. The molecule has 7 nitrogen and oxygen atoms in total. The van der Waals surface area contributed by atoms with Crippen molar-refractivity contribution < 1.29 is 18.0 Å². The van der Waals surface area contributed by atoms with E-state index in [1.54, 1.807) is 50.2 Å². The molecular weight excluding hydrogens is 533 g/mol. The van der Waals surface area contributed by atoms with Crippen LogP contribution in [0.4, 0.5) is 5.69 Å². The minimum absolute atomic E-state index is 0.0848. The van der Waals surface area contributed by atoms with Gasteiger partial charge in [0, 0.05) is 33.2 Å². The normalized spacial score (nSPS) is 13.1. The third kappa shape index (κ3) is 7.49. The van der Waals surface area contributed by atoms with Gasteiger partial charge in [0.15, 0.2) is 0 Å². The van der Waals surface area contributed by atoms with Gasteiger partial charge in [-0.2, -0.15) is 0 Å². The van der Waals surface area contributed by atoms with Crippen molar-refractivity contribution in [3.63, 3.8) is 0 Å². The third-order valence-corrected chi connectivity index (χ3v) is 7.99. The number of hydrogen-bond donors (Lipinski definition) is 1. The molecule has 0 saturated heterocycles. The molecule has 0 aliphatic heterocycles. The highest BCUT2D eigenvalue weighted by Crippen LogP contribution is 2.30. The Morgan fingerprint density at radius 1 is 1.00 bits per heavy atom. The summed E-state index contributed by atoms with van der Waals surface area (Å²) in [5, 5.41) is 3.89. The Morgan fingerprint density at radius 2 is 1.54 bits per heavy atom. The Bertz CT molecular complexity index is 1170. The Labute approximate surface area is 222 Å². The number of anilines is 1. The first kappa shape index (κ1) is 29.2. The summed E-state index contributed by atoms with van der Waals surface area (Å²) in [6, 6.07) is 8.72. The average Bonchev–Trinajstić information content (AvgIpc) is 2.78. The molecule has 2 rings (SSSR count). The second-order valence-electron chi connectivity index (χ2n) is 8.37. The molecule has 2 aromatic carbocycles. The smallest absolute Gasteiger partial charge is 0.244 e. The zero-order chi connectivity index (χ0) is 26.5. The predicted molar refractivity (Wildman–Crippen MR) is 143 cm³/mol. The van der Waals surface area contributed by atoms with Crippen molar-refractivity contribution in [1.29, 1.82) is 0 Å². The van der Waals surface area contributed by atoms with Gasteiger partial charge in [-0.15, -0.1) is 0 Å². The maximum atomic E-state index is 13.6. The molecule has 0 aliphatic rings. The summed E-state index contributed by atoms with van der Waals surface area (Å²) in [7, 11) is -3.87. The molecule has 0 saturated carbocycles. The van der Waals surface area contributed by atoms with E-state index in [4.69, 9.17) is 34.8 Å². The lowest BCUT2D eigenvalue weighted by molar-refractivity contribution is -0.139. The molecule has 2 atom stereocenters. The van der Waals surface area contributed by atoms with Crippen LogP contribution >= 0.6 is 34.8 Å². The second kappa shape index (κ2) is 12.3. The molecular formula is C24H30Cl3N3O4S. The first-order valence-corrected chi connectivity index (χ1v) is 14.0. The molecule has 1 N–H and O–H groups in total.